The summed E-state index contributed by atoms with van der Waals surface area (Å²) in [6, 6.07) is 17.4. The molecule has 1 amide bonds. The third-order valence-corrected chi connectivity index (χ3v) is 4.05. The highest BCUT2D eigenvalue weighted by Crippen LogP contribution is 2.17. The fraction of sp³-hybridized carbons (Fsp3) is 0.263. The Hall–Kier alpha value is -2.74. The van der Waals surface area contributed by atoms with Gasteiger partial charge in [0.1, 0.15) is 12.7 Å². The molecule has 0 saturated carbocycles. The molecule has 7 heteroatoms. The summed E-state index contributed by atoms with van der Waals surface area (Å²) in [5.74, 6) is -0.325. The minimum absolute atomic E-state index is 0.0556. The molecule has 0 radical (unpaired) electrons. The molecule has 26 heavy (non-hydrogen) atoms. The lowest BCUT2D eigenvalue weighted by Crippen LogP contribution is -2.58. The Labute approximate surface area is 151 Å². The van der Waals surface area contributed by atoms with Crippen molar-refractivity contribution in [1.29, 1.82) is 0 Å². The minimum atomic E-state index is -1.35. The van der Waals surface area contributed by atoms with Crippen molar-refractivity contribution in [2.45, 2.75) is 31.9 Å². The van der Waals surface area contributed by atoms with Crippen LogP contribution in [0, 0.1) is 0 Å². The van der Waals surface area contributed by atoms with E-state index in [0.29, 0.717) is 5.56 Å². The Morgan fingerprint density at radius 3 is 2.38 bits per heavy atom. The van der Waals surface area contributed by atoms with E-state index in [2.05, 4.69) is 10.3 Å². The van der Waals surface area contributed by atoms with Crippen LogP contribution in [0.25, 0.3) is 0 Å². The number of aliphatic imine (C=N–C) groups is 1. The van der Waals surface area contributed by atoms with Crippen LogP contribution in [0.15, 0.2) is 65.7 Å². The first-order chi connectivity index (χ1) is 12.6. The Morgan fingerprint density at radius 1 is 1.12 bits per heavy atom. The van der Waals surface area contributed by atoms with E-state index in [0.717, 1.165) is 10.6 Å². The second-order valence-corrected chi connectivity index (χ2v) is 6.00. The van der Waals surface area contributed by atoms with Gasteiger partial charge in [-0.1, -0.05) is 48.5 Å². The molecule has 1 aliphatic rings. The van der Waals surface area contributed by atoms with Gasteiger partial charge in [0, 0.05) is 5.56 Å². The van der Waals surface area contributed by atoms with Crippen LogP contribution >= 0.6 is 0 Å². The number of nitrogens with one attached hydrogen (secondary N) is 1. The van der Waals surface area contributed by atoms with Crippen molar-refractivity contribution in [3.8, 4) is 0 Å². The highest BCUT2D eigenvalue weighted by atomic mass is 16.7. The van der Waals surface area contributed by atoms with E-state index in [1.165, 1.54) is 0 Å². The third-order valence-electron chi connectivity index (χ3n) is 4.05. The Kier molecular flexibility index (Phi) is 5.62. The number of carbonyl (C=O) groups excluding carboxylic acids is 1. The summed E-state index contributed by atoms with van der Waals surface area (Å²) in [4.78, 5) is 22.3. The van der Waals surface area contributed by atoms with E-state index < -0.39 is 18.4 Å². The van der Waals surface area contributed by atoms with Crippen molar-refractivity contribution in [3.05, 3.63) is 71.8 Å². The first-order valence-electron chi connectivity index (χ1n) is 8.32. The number of carbonyl (C=O) groups is 1. The van der Waals surface area contributed by atoms with Gasteiger partial charge in [0.15, 0.2) is 6.23 Å². The van der Waals surface area contributed by atoms with Crippen LogP contribution in [0.1, 0.15) is 22.8 Å². The first kappa shape index (κ1) is 18.1. The molecule has 0 unspecified atom stereocenters. The fourth-order valence-corrected chi connectivity index (χ4v) is 2.55. The molecule has 0 spiro atoms. The minimum Gasteiger partial charge on any atom is -0.386 e. The standard InChI is InChI=1S/C19H21N3O4/c1-13-16(23)18(25)22(26-12-14-8-4-2-5-9-14)19(20-13)21-17(24)15-10-6-3-7-11-15/h2-11,13,16,18,23,25H,12H2,1H3,(H,20,21,24)/t13-,16+,18-/m1/s1. The summed E-state index contributed by atoms with van der Waals surface area (Å²) in [7, 11) is 0. The lowest BCUT2D eigenvalue weighted by atomic mass is 10.1. The molecule has 2 aromatic rings. The molecule has 1 heterocycles. The van der Waals surface area contributed by atoms with Gasteiger partial charge in [-0.3, -0.25) is 14.9 Å². The lowest BCUT2D eigenvalue weighted by Gasteiger charge is -2.37. The van der Waals surface area contributed by atoms with Crippen LogP contribution in [-0.4, -0.2) is 45.5 Å². The van der Waals surface area contributed by atoms with Gasteiger partial charge in [0.2, 0.25) is 5.96 Å². The summed E-state index contributed by atoms with van der Waals surface area (Å²) < 4.78 is 0. The van der Waals surface area contributed by atoms with E-state index in [1.807, 2.05) is 36.4 Å². The third kappa shape index (κ3) is 4.08. The second kappa shape index (κ2) is 8.09. The van der Waals surface area contributed by atoms with Gasteiger partial charge in [0.05, 0.1) is 6.04 Å². The predicted octanol–water partition coefficient (Wildman–Crippen LogP) is 1.29. The van der Waals surface area contributed by atoms with Crippen molar-refractivity contribution >= 4 is 11.9 Å². The van der Waals surface area contributed by atoms with Crippen molar-refractivity contribution < 1.29 is 19.8 Å². The molecule has 136 valence electrons. The molecular formula is C19H21N3O4. The van der Waals surface area contributed by atoms with Crippen LogP contribution in [0.5, 0.6) is 0 Å². The Balaban J connectivity index is 1.77. The quantitative estimate of drug-likeness (QED) is 0.768. The second-order valence-electron chi connectivity index (χ2n) is 6.00. The van der Waals surface area contributed by atoms with E-state index >= 15 is 0 Å². The molecular weight excluding hydrogens is 334 g/mol. The van der Waals surface area contributed by atoms with Crippen LogP contribution in [0.2, 0.25) is 0 Å². The molecule has 0 bridgehead atoms. The lowest BCUT2D eigenvalue weighted by molar-refractivity contribution is -0.233. The maximum Gasteiger partial charge on any atom is 0.258 e. The van der Waals surface area contributed by atoms with Crippen molar-refractivity contribution in [1.82, 2.24) is 10.4 Å². The average Bonchev–Trinajstić information content (AvgIpc) is 2.67. The number of guanidine groups is 1. The predicted molar refractivity (Wildman–Crippen MR) is 95.9 cm³/mol. The van der Waals surface area contributed by atoms with Crippen molar-refractivity contribution in [2.75, 3.05) is 0 Å². The molecule has 3 N–H and O–H groups in total. The molecule has 3 atom stereocenters. The summed E-state index contributed by atoms with van der Waals surface area (Å²) in [5, 5.41) is 24.1. The van der Waals surface area contributed by atoms with Gasteiger partial charge >= 0.3 is 0 Å². The zero-order valence-electron chi connectivity index (χ0n) is 14.3. The molecule has 0 aliphatic carbocycles. The van der Waals surface area contributed by atoms with Gasteiger partial charge in [-0.25, -0.2) is 4.99 Å². The number of aliphatic hydroxyl groups is 2. The first-order valence-corrected chi connectivity index (χ1v) is 8.32. The van der Waals surface area contributed by atoms with Crippen molar-refractivity contribution in [3.63, 3.8) is 0 Å². The molecule has 7 nitrogen and oxygen atoms in total. The molecule has 0 aromatic heterocycles. The number of amides is 1. The van der Waals surface area contributed by atoms with Gasteiger partial charge in [-0.15, -0.1) is 0 Å². The SMILES string of the molecule is C[C@H]1N=C(NC(=O)c2ccccc2)N(OCc2ccccc2)[C@H](O)[C@H]1O. The molecule has 0 fully saturated rings. The van der Waals surface area contributed by atoms with Crippen molar-refractivity contribution in [2.24, 2.45) is 4.99 Å². The summed E-state index contributed by atoms with van der Waals surface area (Å²) in [6.45, 7) is 1.80. The monoisotopic (exact) mass is 355 g/mol. The van der Waals surface area contributed by atoms with Gasteiger partial charge in [0.25, 0.3) is 5.91 Å². The van der Waals surface area contributed by atoms with Gasteiger partial charge in [-0.2, -0.15) is 5.06 Å². The normalized spacial score (nSPS) is 22.7. The summed E-state index contributed by atoms with van der Waals surface area (Å²) in [5.41, 5.74) is 1.33. The van der Waals surface area contributed by atoms with Gasteiger partial charge in [-0.05, 0) is 24.6 Å². The fourth-order valence-electron chi connectivity index (χ4n) is 2.55. The van der Waals surface area contributed by atoms with Crippen LogP contribution in [-0.2, 0) is 11.4 Å². The average molecular weight is 355 g/mol. The van der Waals surface area contributed by atoms with Crippen LogP contribution in [0.3, 0.4) is 0 Å². The van der Waals surface area contributed by atoms with E-state index in [9.17, 15) is 15.0 Å². The molecule has 1 aliphatic heterocycles. The van der Waals surface area contributed by atoms with Gasteiger partial charge < -0.3 is 10.2 Å². The smallest absolute Gasteiger partial charge is 0.258 e. The highest BCUT2D eigenvalue weighted by molar-refractivity contribution is 6.05. The zero-order valence-corrected chi connectivity index (χ0v) is 14.3. The number of benzene rings is 2. The number of rotatable bonds is 4. The van der Waals surface area contributed by atoms with Crippen LogP contribution in [0.4, 0.5) is 0 Å². The maximum atomic E-state index is 12.4. The van der Waals surface area contributed by atoms with E-state index in [1.54, 1.807) is 31.2 Å². The number of hydrogen-bond acceptors (Lipinski definition) is 6. The summed E-state index contributed by atoms with van der Waals surface area (Å²) in [6.07, 6.45) is -2.49. The number of hydrogen-bond donors (Lipinski definition) is 3. The molecule has 3 rings (SSSR count). The zero-order chi connectivity index (χ0) is 18.5. The van der Waals surface area contributed by atoms with Crippen LogP contribution < -0.4 is 5.32 Å². The Morgan fingerprint density at radius 2 is 1.73 bits per heavy atom. The number of aliphatic hydroxyl groups excluding tert-OH is 2. The molecule has 0 saturated heterocycles. The topological polar surface area (TPSA) is 94.4 Å². The van der Waals surface area contributed by atoms with E-state index in [4.69, 9.17) is 4.84 Å². The highest BCUT2D eigenvalue weighted by Gasteiger charge is 2.37. The number of nitrogens with zero attached hydrogens (tertiary/aromatic N) is 2. The van der Waals surface area contributed by atoms with E-state index in [-0.39, 0.29) is 18.5 Å². The largest absolute Gasteiger partial charge is 0.386 e. The Bertz CT molecular complexity index is 767. The molecule has 2 aromatic carbocycles. The number of hydroxylamine groups is 2. The maximum absolute atomic E-state index is 12.4. The summed E-state index contributed by atoms with van der Waals surface area (Å²) >= 11 is 0.